The summed E-state index contributed by atoms with van der Waals surface area (Å²) < 4.78 is 0. The zero-order chi connectivity index (χ0) is 14.0. The molecule has 0 aliphatic carbocycles. The lowest BCUT2D eigenvalue weighted by molar-refractivity contribution is 0.117. The van der Waals surface area contributed by atoms with E-state index in [1.807, 2.05) is 12.1 Å². The Morgan fingerprint density at radius 2 is 1.79 bits per heavy atom. The Morgan fingerprint density at radius 3 is 2.37 bits per heavy atom. The van der Waals surface area contributed by atoms with Crippen molar-refractivity contribution in [2.24, 2.45) is 11.8 Å². The largest absolute Gasteiger partial charge is 0.399 e. The molecular weight excluding hydrogens is 232 g/mol. The number of nitrogen functional groups attached to an aromatic ring is 1. The number of rotatable bonds is 3. The first-order valence-electron chi connectivity index (χ1n) is 7.47. The van der Waals surface area contributed by atoms with Crippen molar-refractivity contribution in [3.63, 3.8) is 0 Å². The molecule has 1 fully saturated rings. The maximum Gasteiger partial charge on any atom is 0.0314 e. The van der Waals surface area contributed by atoms with E-state index in [1.165, 1.54) is 25.1 Å². The summed E-state index contributed by atoms with van der Waals surface area (Å²) in [6.07, 6.45) is 1.33. The number of anilines is 1. The predicted molar refractivity (Wildman–Crippen MR) is 83.3 cm³/mol. The lowest BCUT2D eigenvalue weighted by Crippen LogP contribution is -2.44. The van der Waals surface area contributed by atoms with E-state index in [-0.39, 0.29) is 5.41 Å². The van der Waals surface area contributed by atoms with E-state index in [9.17, 15) is 0 Å². The minimum Gasteiger partial charge on any atom is -0.399 e. The molecule has 1 aliphatic heterocycles. The predicted octanol–water partition coefficient (Wildman–Crippen LogP) is 3.52. The van der Waals surface area contributed by atoms with Crippen molar-refractivity contribution in [3.8, 4) is 0 Å². The zero-order valence-corrected chi connectivity index (χ0v) is 12.8. The molecule has 0 bridgehead atoms. The highest BCUT2D eigenvalue weighted by Gasteiger charge is 2.28. The van der Waals surface area contributed by atoms with Gasteiger partial charge in [-0.1, -0.05) is 39.8 Å². The maximum atomic E-state index is 5.78. The van der Waals surface area contributed by atoms with Crippen LogP contribution in [0.3, 0.4) is 0 Å². The van der Waals surface area contributed by atoms with Gasteiger partial charge in [0.05, 0.1) is 0 Å². The molecule has 2 heteroatoms. The first-order valence-corrected chi connectivity index (χ1v) is 7.47. The van der Waals surface area contributed by atoms with Crippen LogP contribution in [0.5, 0.6) is 0 Å². The summed E-state index contributed by atoms with van der Waals surface area (Å²) in [5.74, 6) is 1.69. The Balaban J connectivity index is 2.02. The molecule has 0 saturated carbocycles. The summed E-state index contributed by atoms with van der Waals surface area (Å²) >= 11 is 0. The highest BCUT2D eigenvalue weighted by molar-refractivity contribution is 5.41. The molecular formula is C17H28N2. The molecule has 1 aliphatic rings. The van der Waals surface area contributed by atoms with Crippen LogP contribution in [0.4, 0.5) is 5.69 Å². The number of benzene rings is 1. The quantitative estimate of drug-likeness (QED) is 0.843. The monoisotopic (exact) mass is 260 g/mol. The van der Waals surface area contributed by atoms with Gasteiger partial charge >= 0.3 is 0 Å². The third-order valence-corrected chi connectivity index (χ3v) is 4.73. The molecule has 2 atom stereocenters. The van der Waals surface area contributed by atoms with E-state index >= 15 is 0 Å². The highest BCUT2D eigenvalue weighted by Crippen LogP contribution is 2.29. The van der Waals surface area contributed by atoms with Gasteiger partial charge in [-0.2, -0.15) is 0 Å². The van der Waals surface area contributed by atoms with Crippen molar-refractivity contribution in [2.75, 3.05) is 25.4 Å². The molecule has 0 radical (unpaired) electrons. The maximum absolute atomic E-state index is 5.78. The first kappa shape index (κ1) is 14.4. The van der Waals surface area contributed by atoms with Crippen molar-refractivity contribution in [3.05, 3.63) is 29.8 Å². The third kappa shape index (κ3) is 3.50. The van der Waals surface area contributed by atoms with Gasteiger partial charge in [0, 0.05) is 24.2 Å². The fourth-order valence-electron chi connectivity index (χ4n) is 3.08. The van der Waals surface area contributed by atoms with E-state index in [0.29, 0.717) is 0 Å². The van der Waals surface area contributed by atoms with E-state index in [0.717, 1.165) is 24.1 Å². The number of likely N-dealkylation sites (tertiary alicyclic amines) is 1. The molecule has 1 saturated heterocycles. The van der Waals surface area contributed by atoms with Crippen LogP contribution >= 0.6 is 0 Å². The summed E-state index contributed by atoms with van der Waals surface area (Å²) in [6.45, 7) is 13.0. The molecule has 1 heterocycles. The van der Waals surface area contributed by atoms with E-state index in [4.69, 9.17) is 5.73 Å². The topological polar surface area (TPSA) is 29.3 Å². The van der Waals surface area contributed by atoms with Gasteiger partial charge in [-0.05, 0) is 42.5 Å². The number of nitrogens with two attached hydrogens (primary N) is 1. The van der Waals surface area contributed by atoms with Gasteiger partial charge in [0.15, 0.2) is 0 Å². The van der Waals surface area contributed by atoms with Crippen molar-refractivity contribution in [1.29, 1.82) is 0 Å². The minimum atomic E-state index is 0.188. The molecule has 1 aromatic carbocycles. The molecule has 1 aromatic rings. The second-order valence-electron chi connectivity index (χ2n) is 6.98. The number of hydrogen-bond acceptors (Lipinski definition) is 2. The average Bonchev–Trinajstić information content (AvgIpc) is 2.34. The van der Waals surface area contributed by atoms with Crippen LogP contribution in [-0.4, -0.2) is 24.5 Å². The van der Waals surface area contributed by atoms with Crippen LogP contribution in [0.25, 0.3) is 0 Å². The van der Waals surface area contributed by atoms with Crippen LogP contribution in [0.1, 0.15) is 39.7 Å². The lowest BCUT2D eigenvalue weighted by atomic mass is 9.82. The number of piperidine rings is 1. The van der Waals surface area contributed by atoms with Gasteiger partial charge in [-0.3, -0.25) is 0 Å². The van der Waals surface area contributed by atoms with Crippen LogP contribution in [0.2, 0.25) is 0 Å². The molecule has 106 valence electrons. The second-order valence-corrected chi connectivity index (χ2v) is 6.98. The van der Waals surface area contributed by atoms with Gasteiger partial charge in [0.25, 0.3) is 0 Å². The minimum absolute atomic E-state index is 0.188. The Kier molecular flexibility index (Phi) is 4.19. The third-order valence-electron chi connectivity index (χ3n) is 4.73. The van der Waals surface area contributed by atoms with Crippen LogP contribution in [0.15, 0.2) is 24.3 Å². The van der Waals surface area contributed by atoms with Crippen molar-refractivity contribution in [1.82, 2.24) is 4.90 Å². The molecule has 2 rings (SSSR count). The average molecular weight is 260 g/mol. The van der Waals surface area contributed by atoms with E-state index in [1.54, 1.807) is 0 Å². The number of nitrogens with zero attached hydrogens (tertiary/aromatic N) is 1. The highest BCUT2D eigenvalue weighted by atomic mass is 15.1. The lowest BCUT2D eigenvalue weighted by Gasteiger charge is -2.40. The number of hydrogen-bond donors (Lipinski definition) is 1. The van der Waals surface area contributed by atoms with Crippen LogP contribution in [0, 0.1) is 11.8 Å². The summed E-state index contributed by atoms with van der Waals surface area (Å²) in [5.41, 5.74) is 8.20. The van der Waals surface area contributed by atoms with Gasteiger partial charge < -0.3 is 10.6 Å². The first-order chi connectivity index (χ1) is 8.88. The van der Waals surface area contributed by atoms with Crippen LogP contribution in [-0.2, 0) is 5.41 Å². The zero-order valence-electron chi connectivity index (χ0n) is 12.8. The summed E-state index contributed by atoms with van der Waals surface area (Å²) in [6, 6.07) is 8.37. The Morgan fingerprint density at radius 1 is 1.16 bits per heavy atom. The molecule has 0 amide bonds. The molecule has 19 heavy (non-hydrogen) atoms. The smallest absolute Gasteiger partial charge is 0.0314 e. The SMILES string of the molecule is CC1CCN(CC(C)(C)c2ccc(N)cc2)CC1C. The molecule has 2 unspecified atom stereocenters. The summed E-state index contributed by atoms with van der Waals surface area (Å²) in [7, 11) is 0. The van der Waals surface area contributed by atoms with Crippen molar-refractivity contribution in [2.45, 2.75) is 39.5 Å². The van der Waals surface area contributed by atoms with Crippen molar-refractivity contribution < 1.29 is 0 Å². The molecule has 0 aromatic heterocycles. The van der Waals surface area contributed by atoms with Gasteiger partial charge in [-0.25, -0.2) is 0 Å². The fourth-order valence-corrected chi connectivity index (χ4v) is 3.08. The standard InChI is InChI=1S/C17H28N2/c1-13-9-10-19(11-14(13)2)12-17(3,4)15-5-7-16(18)8-6-15/h5-8,13-14H,9-12,18H2,1-4H3. The van der Waals surface area contributed by atoms with Gasteiger partial charge in [0.2, 0.25) is 0 Å². The Hall–Kier alpha value is -1.02. The summed E-state index contributed by atoms with van der Waals surface area (Å²) in [5, 5.41) is 0. The van der Waals surface area contributed by atoms with Gasteiger partial charge in [-0.15, -0.1) is 0 Å². The second kappa shape index (κ2) is 5.54. The normalized spacial score (nSPS) is 25.5. The Bertz CT molecular complexity index is 408. The molecule has 2 N–H and O–H groups in total. The van der Waals surface area contributed by atoms with E-state index < -0.39 is 0 Å². The van der Waals surface area contributed by atoms with Gasteiger partial charge in [0.1, 0.15) is 0 Å². The molecule has 2 nitrogen and oxygen atoms in total. The van der Waals surface area contributed by atoms with Crippen LogP contribution < -0.4 is 5.73 Å². The van der Waals surface area contributed by atoms with E-state index in [2.05, 4.69) is 44.7 Å². The van der Waals surface area contributed by atoms with Crippen molar-refractivity contribution >= 4 is 5.69 Å². The Labute approximate surface area is 118 Å². The molecule has 0 spiro atoms. The fraction of sp³-hybridized carbons (Fsp3) is 0.647. The summed E-state index contributed by atoms with van der Waals surface area (Å²) in [4.78, 5) is 2.63.